The molecule has 3 rings (SSSR count). The molecule has 0 aliphatic heterocycles. The van der Waals surface area contributed by atoms with Crippen LogP contribution in [0.5, 0.6) is 5.75 Å². The Hall–Kier alpha value is -3.28. The van der Waals surface area contributed by atoms with Gasteiger partial charge in [-0.25, -0.2) is 0 Å². The lowest BCUT2D eigenvalue weighted by Crippen LogP contribution is -2.14. The highest BCUT2D eigenvalue weighted by Crippen LogP contribution is 2.35. The van der Waals surface area contributed by atoms with E-state index in [2.05, 4.69) is 5.32 Å². The predicted octanol–water partition coefficient (Wildman–Crippen LogP) is 7.33. The first-order valence-corrected chi connectivity index (χ1v) is 10.9. The van der Waals surface area contributed by atoms with Crippen LogP contribution < -0.4 is 10.1 Å². The number of hydrogen-bond donors (Lipinski definition) is 1. The number of rotatable bonds is 7. The minimum Gasteiger partial charge on any atom is -0.487 e. The zero-order valence-corrected chi connectivity index (χ0v) is 20.0. The van der Waals surface area contributed by atoms with E-state index in [9.17, 15) is 20.2 Å². The lowest BCUT2D eigenvalue weighted by molar-refractivity contribution is -0.384. The van der Waals surface area contributed by atoms with Gasteiger partial charge in [0.15, 0.2) is 0 Å². The second-order valence-electron chi connectivity index (χ2n) is 6.77. The van der Waals surface area contributed by atoms with Gasteiger partial charge in [0.1, 0.15) is 24.0 Å². The van der Waals surface area contributed by atoms with Gasteiger partial charge in [0.25, 0.3) is 11.6 Å². The molecule has 7 nitrogen and oxygen atoms in total. The summed E-state index contributed by atoms with van der Waals surface area (Å²) in [5, 5.41) is 23.4. The largest absolute Gasteiger partial charge is 0.487 e. The summed E-state index contributed by atoms with van der Waals surface area (Å²) >= 11 is 24.2. The number of amides is 1. The van der Waals surface area contributed by atoms with Gasteiger partial charge in [-0.1, -0.05) is 64.6 Å². The number of nitrogens with zero attached hydrogens (tertiary/aromatic N) is 2. The molecular weight excluding hydrogens is 524 g/mol. The molecule has 0 aromatic heterocycles. The number of anilines is 1. The number of nitrogens with one attached hydrogen (secondary N) is 1. The van der Waals surface area contributed by atoms with Crippen molar-refractivity contribution < 1.29 is 14.5 Å². The normalized spacial score (nSPS) is 11.0. The third-order valence-electron chi connectivity index (χ3n) is 4.42. The molecule has 0 saturated carbocycles. The molecule has 0 aliphatic carbocycles. The molecule has 34 heavy (non-hydrogen) atoms. The molecular formula is C23H13Cl4N3O4. The molecule has 0 bridgehead atoms. The van der Waals surface area contributed by atoms with Crippen LogP contribution in [0.4, 0.5) is 11.4 Å². The van der Waals surface area contributed by atoms with Crippen LogP contribution in [-0.2, 0) is 11.4 Å². The van der Waals surface area contributed by atoms with Gasteiger partial charge in [0.2, 0.25) is 0 Å². The van der Waals surface area contributed by atoms with E-state index in [0.29, 0.717) is 16.3 Å². The van der Waals surface area contributed by atoms with Gasteiger partial charge in [-0.15, -0.1) is 0 Å². The van der Waals surface area contributed by atoms with Gasteiger partial charge in [-0.3, -0.25) is 14.9 Å². The maximum Gasteiger partial charge on any atom is 0.272 e. The Morgan fingerprint density at radius 3 is 2.24 bits per heavy atom. The zero-order valence-electron chi connectivity index (χ0n) is 17.0. The Bertz CT molecular complexity index is 1310. The number of nitriles is 1. The molecule has 1 N–H and O–H groups in total. The molecule has 1 amide bonds. The SMILES string of the molecule is N#C/C(=C\c1ccc(OCc2ccc(Cl)cc2)c(Cl)c1)C(=O)Nc1c(Cl)cc([N+](=O)[O-])cc1Cl. The number of halogens is 4. The third-order valence-corrected chi connectivity index (χ3v) is 5.56. The number of carbonyl (C=O) groups is 1. The molecule has 0 saturated heterocycles. The summed E-state index contributed by atoms with van der Waals surface area (Å²) in [5.41, 5.74) is 0.713. The Kier molecular flexibility index (Phi) is 8.37. The highest BCUT2D eigenvalue weighted by molar-refractivity contribution is 6.40. The summed E-state index contributed by atoms with van der Waals surface area (Å²) in [6.45, 7) is 0.273. The smallest absolute Gasteiger partial charge is 0.272 e. The zero-order chi connectivity index (χ0) is 24.8. The maximum atomic E-state index is 12.6. The molecule has 172 valence electrons. The fourth-order valence-corrected chi connectivity index (χ4v) is 3.69. The van der Waals surface area contributed by atoms with E-state index in [-0.39, 0.29) is 38.6 Å². The van der Waals surface area contributed by atoms with Crippen LogP contribution in [0.15, 0.2) is 60.2 Å². The summed E-state index contributed by atoms with van der Waals surface area (Å²) in [6.07, 6.45) is 1.32. The second kappa shape index (κ2) is 11.2. The molecule has 3 aromatic carbocycles. The average Bonchev–Trinajstić information content (AvgIpc) is 2.80. The number of nitro benzene ring substituents is 1. The average molecular weight is 537 g/mol. The van der Waals surface area contributed by atoms with Crippen molar-refractivity contribution in [2.24, 2.45) is 0 Å². The van der Waals surface area contributed by atoms with Crippen molar-refractivity contribution >= 4 is 69.8 Å². The van der Waals surface area contributed by atoms with Gasteiger partial charge < -0.3 is 10.1 Å². The number of carbonyl (C=O) groups excluding carboxylic acids is 1. The first kappa shape index (κ1) is 25.3. The summed E-state index contributed by atoms with van der Waals surface area (Å²) in [7, 11) is 0. The van der Waals surface area contributed by atoms with Crippen molar-refractivity contribution in [2.75, 3.05) is 5.32 Å². The molecule has 0 unspecified atom stereocenters. The van der Waals surface area contributed by atoms with E-state index in [1.807, 2.05) is 12.1 Å². The summed E-state index contributed by atoms with van der Waals surface area (Å²) in [6, 6.07) is 15.8. The quantitative estimate of drug-likeness (QED) is 0.147. The van der Waals surface area contributed by atoms with E-state index in [1.54, 1.807) is 30.3 Å². The Morgan fingerprint density at radius 2 is 1.68 bits per heavy atom. The molecule has 0 spiro atoms. The van der Waals surface area contributed by atoms with Gasteiger partial charge in [-0.2, -0.15) is 5.26 Å². The van der Waals surface area contributed by atoms with Crippen molar-refractivity contribution in [3.8, 4) is 11.8 Å². The molecule has 0 atom stereocenters. The second-order valence-corrected chi connectivity index (χ2v) is 8.43. The molecule has 11 heteroatoms. The van der Waals surface area contributed by atoms with Gasteiger partial charge in [-0.05, 0) is 41.5 Å². The molecule has 0 aliphatic rings. The van der Waals surface area contributed by atoms with Crippen molar-refractivity contribution in [3.63, 3.8) is 0 Å². The lowest BCUT2D eigenvalue weighted by atomic mass is 10.1. The predicted molar refractivity (Wildman–Crippen MR) is 133 cm³/mol. The van der Waals surface area contributed by atoms with Crippen molar-refractivity contribution in [1.82, 2.24) is 0 Å². The first-order chi connectivity index (χ1) is 16.2. The van der Waals surface area contributed by atoms with Crippen molar-refractivity contribution in [3.05, 3.63) is 102 Å². The maximum absolute atomic E-state index is 12.6. The number of nitro groups is 1. The topological polar surface area (TPSA) is 105 Å². The summed E-state index contributed by atoms with van der Waals surface area (Å²) in [5.74, 6) is -0.388. The van der Waals surface area contributed by atoms with Crippen LogP contribution in [0.3, 0.4) is 0 Å². The minimum atomic E-state index is -0.806. The molecule has 0 fully saturated rings. The van der Waals surface area contributed by atoms with Gasteiger partial charge in [0.05, 0.1) is 25.7 Å². The van der Waals surface area contributed by atoms with Crippen molar-refractivity contribution in [1.29, 1.82) is 5.26 Å². The highest BCUT2D eigenvalue weighted by Gasteiger charge is 2.18. The number of hydrogen-bond acceptors (Lipinski definition) is 5. The number of non-ortho nitro benzene ring substituents is 1. The van der Waals surface area contributed by atoms with E-state index >= 15 is 0 Å². The van der Waals surface area contributed by atoms with Crippen LogP contribution in [0.1, 0.15) is 11.1 Å². The van der Waals surface area contributed by atoms with E-state index < -0.39 is 10.8 Å². The Balaban J connectivity index is 1.75. The highest BCUT2D eigenvalue weighted by atomic mass is 35.5. The van der Waals surface area contributed by atoms with Crippen LogP contribution in [0.25, 0.3) is 6.08 Å². The van der Waals surface area contributed by atoms with Gasteiger partial charge in [0, 0.05) is 17.2 Å². The summed E-state index contributed by atoms with van der Waals surface area (Å²) < 4.78 is 5.71. The standard InChI is InChI=1S/C23H13Cl4N3O4/c24-16-4-1-13(2-5-16)12-34-21-6-3-14(8-18(21)25)7-15(11-28)23(31)29-22-19(26)9-17(30(32)33)10-20(22)27/h1-10H,12H2,(H,29,31)/b15-7+. The Labute approximate surface area is 214 Å². The van der Waals surface area contributed by atoms with Crippen LogP contribution in [0.2, 0.25) is 20.1 Å². The lowest BCUT2D eigenvalue weighted by Gasteiger charge is -2.10. The number of ether oxygens (including phenoxy) is 1. The fourth-order valence-electron chi connectivity index (χ4n) is 2.75. The van der Waals surface area contributed by atoms with Gasteiger partial charge >= 0.3 is 0 Å². The van der Waals surface area contributed by atoms with E-state index in [0.717, 1.165) is 17.7 Å². The van der Waals surface area contributed by atoms with Crippen molar-refractivity contribution in [2.45, 2.75) is 6.61 Å². The van der Waals surface area contributed by atoms with Crippen LogP contribution in [0, 0.1) is 21.4 Å². The van der Waals surface area contributed by atoms with Crippen LogP contribution >= 0.6 is 46.4 Å². The monoisotopic (exact) mass is 535 g/mol. The first-order valence-electron chi connectivity index (χ1n) is 9.41. The fraction of sp³-hybridized carbons (Fsp3) is 0.0435. The molecule has 0 heterocycles. The number of benzene rings is 3. The van der Waals surface area contributed by atoms with E-state index in [1.165, 1.54) is 12.1 Å². The Morgan fingerprint density at radius 1 is 1.03 bits per heavy atom. The molecule has 0 radical (unpaired) electrons. The third kappa shape index (κ3) is 6.40. The molecule has 3 aromatic rings. The summed E-state index contributed by atoms with van der Waals surface area (Å²) in [4.78, 5) is 22.8. The van der Waals surface area contributed by atoms with Crippen LogP contribution in [-0.4, -0.2) is 10.8 Å². The van der Waals surface area contributed by atoms with E-state index in [4.69, 9.17) is 51.1 Å². The minimum absolute atomic E-state index is 0.0518.